The summed E-state index contributed by atoms with van der Waals surface area (Å²) in [6, 6.07) is 20.2. The van der Waals surface area contributed by atoms with Crippen LogP contribution in [0.4, 0.5) is 10.5 Å². The molecule has 2 heterocycles. The minimum absolute atomic E-state index is 0.191. The smallest absolute Gasteiger partial charge is 0.325 e. The Hall–Kier alpha value is -3.56. The first-order valence-corrected chi connectivity index (χ1v) is 14.9. The predicted molar refractivity (Wildman–Crippen MR) is 160 cm³/mol. The van der Waals surface area contributed by atoms with Gasteiger partial charge in [0.05, 0.1) is 23.2 Å². The van der Waals surface area contributed by atoms with Crippen molar-refractivity contribution in [3.63, 3.8) is 0 Å². The minimum atomic E-state index is -0.840. The zero-order chi connectivity index (χ0) is 28.7. The molecule has 10 heteroatoms. The van der Waals surface area contributed by atoms with E-state index < -0.39 is 12.1 Å². The second-order valence-electron chi connectivity index (χ2n) is 10.7. The highest BCUT2D eigenvalue weighted by molar-refractivity contribution is 9.10. The lowest BCUT2D eigenvalue weighted by atomic mass is 10.0. The van der Waals surface area contributed by atoms with Crippen LogP contribution in [-0.4, -0.2) is 65.5 Å². The van der Waals surface area contributed by atoms with E-state index in [4.69, 9.17) is 16.3 Å². The van der Waals surface area contributed by atoms with Crippen molar-refractivity contribution in [3.05, 3.63) is 93.4 Å². The molecular weight excluding hydrogens is 608 g/mol. The van der Waals surface area contributed by atoms with Gasteiger partial charge in [-0.3, -0.25) is 14.5 Å². The van der Waals surface area contributed by atoms with E-state index in [0.29, 0.717) is 33.8 Å². The molecule has 1 saturated carbocycles. The van der Waals surface area contributed by atoms with Crippen LogP contribution in [0.25, 0.3) is 0 Å². The zero-order valence-corrected chi connectivity index (χ0v) is 24.8. The summed E-state index contributed by atoms with van der Waals surface area (Å²) in [5.41, 5.74) is 2.03. The van der Waals surface area contributed by atoms with E-state index in [1.54, 1.807) is 32.9 Å². The van der Waals surface area contributed by atoms with Crippen molar-refractivity contribution in [3.8, 4) is 5.75 Å². The largest absolute Gasteiger partial charge is 0.490 e. The average Bonchev–Trinajstić information content (AvgIpc) is 3.76. The molecule has 3 aliphatic rings. The van der Waals surface area contributed by atoms with Crippen molar-refractivity contribution in [2.45, 2.75) is 44.0 Å². The summed E-state index contributed by atoms with van der Waals surface area (Å²) in [5.74, 6) is 0.272. The molecule has 212 valence electrons. The molecule has 4 amide bonds. The van der Waals surface area contributed by atoms with Crippen LogP contribution in [0.2, 0.25) is 5.02 Å². The summed E-state index contributed by atoms with van der Waals surface area (Å²) in [7, 11) is 0. The summed E-state index contributed by atoms with van der Waals surface area (Å²) in [6.07, 6.45) is 2.35. The van der Waals surface area contributed by atoms with Gasteiger partial charge < -0.3 is 19.9 Å². The van der Waals surface area contributed by atoms with Crippen LogP contribution in [0.1, 0.15) is 41.7 Å². The maximum absolute atomic E-state index is 14.0. The number of piperazine rings is 1. The van der Waals surface area contributed by atoms with E-state index in [1.807, 2.05) is 61.5 Å². The number of ether oxygens (including phenoxy) is 1. The number of nitrogens with zero attached hydrogens (tertiary/aromatic N) is 3. The van der Waals surface area contributed by atoms with Gasteiger partial charge in [0.15, 0.2) is 0 Å². The van der Waals surface area contributed by atoms with E-state index in [-0.39, 0.29) is 36.5 Å². The Morgan fingerprint density at radius 1 is 1.02 bits per heavy atom. The highest BCUT2D eigenvalue weighted by Gasteiger charge is 2.52. The number of amides is 4. The lowest BCUT2D eigenvalue weighted by Gasteiger charge is -2.38. The quantitative estimate of drug-likeness (QED) is 0.363. The van der Waals surface area contributed by atoms with Crippen molar-refractivity contribution in [1.29, 1.82) is 0 Å². The van der Waals surface area contributed by atoms with Gasteiger partial charge in [-0.05, 0) is 83.7 Å². The number of urea groups is 1. The Morgan fingerprint density at radius 2 is 1.76 bits per heavy atom. The van der Waals surface area contributed by atoms with Gasteiger partial charge >= 0.3 is 6.03 Å². The Balaban J connectivity index is 1.29. The van der Waals surface area contributed by atoms with Gasteiger partial charge in [0.25, 0.3) is 5.91 Å². The zero-order valence-electron chi connectivity index (χ0n) is 22.5. The molecule has 2 saturated heterocycles. The van der Waals surface area contributed by atoms with Crippen LogP contribution in [0.15, 0.2) is 77.3 Å². The summed E-state index contributed by atoms with van der Waals surface area (Å²) in [5, 5.41) is 3.56. The lowest BCUT2D eigenvalue weighted by molar-refractivity contribution is -0.123. The number of halogens is 2. The number of hydrogen-bond donors (Lipinski definition) is 1. The molecule has 1 N–H and O–H groups in total. The summed E-state index contributed by atoms with van der Waals surface area (Å²) < 4.78 is 6.59. The molecule has 0 bridgehead atoms. The number of hydrogen-bond acceptors (Lipinski definition) is 4. The van der Waals surface area contributed by atoms with Gasteiger partial charge in [-0.2, -0.15) is 0 Å². The molecule has 8 nitrogen and oxygen atoms in total. The number of anilines is 1. The van der Waals surface area contributed by atoms with E-state index in [2.05, 4.69) is 21.2 Å². The molecule has 0 spiro atoms. The SMILES string of the molecule is C[C@@H](NC(=O)C1C2CN(C(=O)c3ccc(Br)c(Cl)c3)CCN2C(=O)N1c1ccc(OC2CC2)cc1)c1ccccc1. The third-order valence-electron chi connectivity index (χ3n) is 7.84. The van der Waals surface area contributed by atoms with Crippen molar-refractivity contribution in [2.75, 3.05) is 24.5 Å². The summed E-state index contributed by atoms with van der Waals surface area (Å²) >= 11 is 9.63. The second kappa shape index (κ2) is 11.4. The van der Waals surface area contributed by atoms with Gasteiger partial charge in [0.2, 0.25) is 5.91 Å². The van der Waals surface area contributed by atoms with Crippen molar-refractivity contribution in [2.24, 2.45) is 0 Å². The molecule has 3 aromatic rings. The van der Waals surface area contributed by atoms with Crippen LogP contribution in [0.3, 0.4) is 0 Å². The first-order valence-electron chi connectivity index (χ1n) is 13.8. The normalized spacial score (nSPS) is 21.0. The van der Waals surface area contributed by atoms with Gasteiger partial charge in [-0.1, -0.05) is 41.9 Å². The summed E-state index contributed by atoms with van der Waals surface area (Å²) in [4.78, 5) is 46.3. The van der Waals surface area contributed by atoms with E-state index in [0.717, 1.165) is 24.2 Å². The molecule has 0 aromatic heterocycles. The molecule has 6 rings (SSSR count). The van der Waals surface area contributed by atoms with E-state index in [1.165, 1.54) is 0 Å². The second-order valence-corrected chi connectivity index (χ2v) is 12.0. The molecule has 2 unspecified atom stereocenters. The molecule has 3 atom stereocenters. The topological polar surface area (TPSA) is 82.2 Å². The number of carbonyl (C=O) groups is 3. The molecule has 0 radical (unpaired) electrons. The van der Waals surface area contributed by atoms with Crippen LogP contribution in [0, 0.1) is 0 Å². The number of benzene rings is 3. The summed E-state index contributed by atoms with van der Waals surface area (Å²) in [6.45, 7) is 2.81. The van der Waals surface area contributed by atoms with Crippen LogP contribution >= 0.6 is 27.5 Å². The van der Waals surface area contributed by atoms with E-state index in [9.17, 15) is 14.4 Å². The fraction of sp³-hybridized carbons (Fsp3) is 0.323. The Kier molecular flexibility index (Phi) is 7.66. The molecule has 1 aliphatic carbocycles. The third kappa shape index (κ3) is 5.65. The Morgan fingerprint density at radius 3 is 2.44 bits per heavy atom. The molecule has 3 fully saturated rings. The maximum Gasteiger partial charge on any atom is 0.325 e. The highest BCUT2D eigenvalue weighted by Crippen LogP contribution is 2.35. The first-order chi connectivity index (χ1) is 19.8. The first kappa shape index (κ1) is 27.6. The van der Waals surface area contributed by atoms with Gasteiger partial charge in [-0.25, -0.2) is 4.79 Å². The van der Waals surface area contributed by atoms with Crippen LogP contribution in [0.5, 0.6) is 5.75 Å². The molecule has 41 heavy (non-hydrogen) atoms. The van der Waals surface area contributed by atoms with Crippen LogP contribution < -0.4 is 15.0 Å². The molecule has 3 aromatic carbocycles. The molecular formula is C31H30BrClN4O4. The lowest BCUT2D eigenvalue weighted by Crippen LogP contribution is -2.58. The third-order valence-corrected chi connectivity index (χ3v) is 9.07. The molecule has 2 aliphatic heterocycles. The van der Waals surface area contributed by atoms with E-state index >= 15 is 0 Å². The van der Waals surface area contributed by atoms with Gasteiger partial charge in [-0.15, -0.1) is 0 Å². The van der Waals surface area contributed by atoms with Gasteiger partial charge in [0, 0.05) is 35.4 Å². The standard InChI is InChI=1S/C31H30BrClN4O4/c1-19(20-5-3-2-4-6-20)34-29(38)28-27-18-35(30(39)21-7-14-25(32)26(33)17-21)15-16-36(27)31(40)37(28)22-8-10-23(11-9-22)41-24-12-13-24/h2-11,14,17,19,24,27-28H,12-13,15-16,18H2,1H3,(H,34,38)/t19-,27?,28?/m1/s1. The van der Waals surface area contributed by atoms with Crippen molar-refractivity contribution >= 4 is 51.1 Å². The Labute approximate surface area is 252 Å². The number of nitrogens with one attached hydrogen (secondary N) is 1. The maximum atomic E-state index is 14.0. The number of fused-ring (bicyclic) bond motifs is 1. The predicted octanol–water partition coefficient (Wildman–Crippen LogP) is 5.66. The number of carbonyl (C=O) groups excluding carboxylic acids is 3. The number of rotatable bonds is 7. The average molecular weight is 638 g/mol. The van der Waals surface area contributed by atoms with Crippen molar-refractivity contribution < 1.29 is 19.1 Å². The minimum Gasteiger partial charge on any atom is -0.490 e. The monoisotopic (exact) mass is 636 g/mol. The fourth-order valence-corrected chi connectivity index (χ4v) is 5.92. The Bertz CT molecular complexity index is 1470. The highest BCUT2D eigenvalue weighted by atomic mass is 79.9. The van der Waals surface area contributed by atoms with Crippen LogP contribution in [-0.2, 0) is 4.79 Å². The fourth-order valence-electron chi connectivity index (χ4n) is 5.49. The van der Waals surface area contributed by atoms with Crippen molar-refractivity contribution in [1.82, 2.24) is 15.1 Å². The van der Waals surface area contributed by atoms with Gasteiger partial charge in [0.1, 0.15) is 11.8 Å².